The molecule has 2 aliphatic heterocycles. The van der Waals surface area contributed by atoms with Crippen LogP contribution in [0.2, 0.25) is 0 Å². The molecule has 0 aliphatic carbocycles. The van der Waals surface area contributed by atoms with Crippen LogP contribution >= 0.6 is 0 Å². The molecule has 0 radical (unpaired) electrons. The van der Waals surface area contributed by atoms with Crippen molar-refractivity contribution < 1.29 is 14.3 Å². The number of aromatic nitrogens is 3. The zero-order chi connectivity index (χ0) is 24.0. The summed E-state index contributed by atoms with van der Waals surface area (Å²) in [5.41, 5.74) is 2.45. The van der Waals surface area contributed by atoms with Gasteiger partial charge in [0.1, 0.15) is 24.9 Å². The quantitative estimate of drug-likeness (QED) is 0.569. The van der Waals surface area contributed by atoms with Gasteiger partial charge in [0, 0.05) is 19.1 Å². The minimum atomic E-state index is -0.176. The molecule has 1 fully saturated rings. The maximum absolute atomic E-state index is 13.8. The fraction of sp³-hybridized carbons (Fsp3) is 0.407. The van der Waals surface area contributed by atoms with Crippen LogP contribution in [0.4, 0.5) is 0 Å². The standard InChI is InChI=1S/C27H31N5O3/c33-26-18-30(27(34)24-10-1-2-11-25(24)31-19-28-29-20-31)14-6-16-35-23-9-5-7-21(17-23)12-13-22-8-3-4-15-32(22)26/h1-2,5,7,9-11,17,19-20,22H,3-4,6,8,12-16,18H2. The molecule has 0 saturated carbocycles. The SMILES string of the molecule is O=C(c1ccccc1-n1cnnc1)N1CCCOc2cccc(c2)CCC2CCCCN2C(=O)C1. The van der Waals surface area contributed by atoms with Crippen molar-refractivity contribution in [1.29, 1.82) is 0 Å². The van der Waals surface area contributed by atoms with Crippen LogP contribution in [0.3, 0.4) is 0 Å². The predicted octanol–water partition coefficient (Wildman–Crippen LogP) is 3.51. The van der Waals surface area contributed by atoms with Gasteiger partial charge < -0.3 is 14.5 Å². The minimum Gasteiger partial charge on any atom is -0.494 e. The normalized spacial score (nSPS) is 19.4. The largest absolute Gasteiger partial charge is 0.494 e. The van der Waals surface area contributed by atoms with Crippen molar-refractivity contribution in [3.05, 3.63) is 72.3 Å². The molecule has 2 aliphatic rings. The Balaban J connectivity index is 1.42. The van der Waals surface area contributed by atoms with Crippen LogP contribution in [0.5, 0.6) is 5.75 Å². The van der Waals surface area contributed by atoms with Crippen molar-refractivity contribution in [2.24, 2.45) is 0 Å². The van der Waals surface area contributed by atoms with E-state index in [0.29, 0.717) is 30.8 Å². The summed E-state index contributed by atoms with van der Waals surface area (Å²) in [6.07, 6.45) is 8.73. The van der Waals surface area contributed by atoms with Crippen molar-refractivity contribution >= 4 is 11.8 Å². The molecule has 182 valence electrons. The second-order valence-corrected chi connectivity index (χ2v) is 9.24. The van der Waals surface area contributed by atoms with E-state index in [-0.39, 0.29) is 24.4 Å². The molecule has 2 amide bonds. The average molecular weight is 474 g/mol. The molecule has 8 heteroatoms. The van der Waals surface area contributed by atoms with Gasteiger partial charge >= 0.3 is 0 Å². The Hall–Kier alpha value is -3.68. The van der Waals surface area contributed by atoms with Crippen molar-refractivity contribution in [1.82, 2.24) is 24.6 Å². The van der Waals surface area contributed by atoms with Gasteiger partial charge in [-0.05, 0) is 68.4 Å². The summed E-state index contributed by atoms with van der Waals surface area (Å²) >= 11 is 0. The molecule has 2 bridgehead atoms. The zero-order valence-corrected chi connectivity index (χ0v) is 19.9. The number of benzene rings is 2. The van der Waals surface area contributed by atoms with E-state index in [1.807, 2.05) is 35.2 Å². The zero-order valence-electron chi connectivity index (χ0n) is 19.9. The monoisotopic (exact) mass is 473 g/mol. The second-order valence-electron chi connectivity index (χ2n) is 9.24. The lowest BCUT2D eigenvalue weighted by Gasteiger charge is -2.37. The van der Waals surface area contributed by atoms with Gasteiger partial charge in [-0.3, -0.25) is 14.2 Å². The van der Waals surface area contributed by atoms with E-state index < -0.39 is 0 Å². The maximum atomic E-state index is 13.8. The number of carbonyl (C=O) groups is 2. The van der Waals surface area contributed by atoms with Crippen LogP contribution in [-0.2, 0) is 11.2 Å². The number of hydrogen-bond donors (Lipinski definition) is 0. The Labute approximate surface area is 205 Å². The summed E-state index contributed by atoms with van der Waals surface area (Å²) in [7, 11) is 0. The highest BCUT2D eigenvalue weighted by atomic mass is 16.5. The fourth-order valence-corrected chi connectivity index (χ4v) is 5.08. The van der Waals surface area contributed by atoms with E-state index in [4.69, 9.17) is 4.74 Å². The number of carbonyl (C=O) groups excluding carboxylic acids is 2. The number of hydrogen-bond acceptors (Lipinski definition) is 5. The van der Waals surface area contributed by atoms with Crippen molar-refractivity contribution in [2.45, 2.75) is 44.6 Å². The highest BCUT2D eigenvalue weighted by Gasteiger charge is 2.30. The molecule has 1 saturated heterocycles. The highest BCUT2D eigenvalue weighted by Crippen LogP contribution is 2.24. The number of nitrogens with zero attached hydrogens (tertiary/aromatic N) is 5. The number of fused-ring (bicyclic) bond motifs is 3. The Morgan fingerprint density at radius 3 is 2.69 bits per heavy atom. The van der Waals surface area contributed by atoms with Crippen LogP contribution in [-0.4, -0.2) is 68.7 Å². The van der Waals surface area contributed by atoms with Crippen molar-refractivity contribution in [3.8, 4) is 11.4 Å². The molecule has 2 aromatic carbocycles. The van der Waals surface area contributed by atoms with Gasteiger partial charge in [0.15, 0.2) is 0 Å². The molecule has 3 heterocycles. The molecule has 1 aromatic heterocycles. The third-order valence-electron chi connectivity index (χ3n) is 6.90. The number of amides is 2. The van der Waals surface area contributed by atoms with E-state index in [1.165, 1.54) is 5.56 Å². The summed E-state index contributed by atoms with van der Waals surface area (Å²) in [5.74, 6) is 0.703. The van der Waals surface area contributed by atoms with Crippen molar-refractivity contribution in [3.63, 3.8) is 0 Å². The van der Waals surface area contributed by atoms with Gasteiger partial charge in [-0.25, -0.2) is 0 Å². The second kappa shape index (κ2) is 10.7. The summed E-state index contributed by atoms with van der Waals surface area (Å²) in [5, 5.41) is 7.75. The van der Waals surface area contributed by atoms with Crippen LogP contribution < -0.4 is 4.74 Å². The van der Waals surface area contributed by atoms with Gasteiger partial charge in [0.2, 0.25) is 5.91 Å². The lowest BCUT2D eigenvalue weighted by molar-refractivity contribution is -0.135. The predicted molar refractivity (Wildman–Crippen MR) is 131 cm³/mol. The van der Waals surface area contributed by atoms with Gasteiger partial charge in [-0.2, -0.15) is 0 Å². The van der Waals surface area contributed by atoms with E-state index in [9.17, 15) is 9.59 Å². The molecule has 1 unspecified atom stereocenters. The Morgan fingerprint density at radius 1 is 0.943 bits per heavy atom. The number of para-hydroxylation sites is 1. The van der Waals surface area contributed by atoms with Crippen molar-refractivity contribution in [2.75, 3.05) is 26.2 Å². The van der Waals surface area contributed by atoms with Gasteiger partial charge in [-0.1, -0.05) is 24.3 Å². The smallest absolute Gasteiger partial charge is 0.256 e. The van der Waals surface area contributed by atoms with Crippen LogP contribution in [0.15, 0.2) is 61.2 Å². The van der Waals surface area contributed by atoms with E-state index >= 15 is 0 Å². The molecule has 3 aromatic rings. The Bertz CT molecular complexity index is 1160. The Kier molecular flexibility index (Phi) is 7.07. The first-order valence-electron chi connectivity index (χ1n) is 12.4. The number of rotatable bonds is 2. The van der Waals surface area contributed by atoms with Gasteiger partial charge in [0.05, 0.1) is 17.9 Å². The fourth-order valence-electron chi connectivity index (χ4n) is 5.08. The minimum absolute atomic E-state index is 0.0246. The first-order chi connectivity index (χ1) is 17.2. The van der Waals surface area contributed by atoms with E-state index in [0.717, 1.165) is 44.4 Å². The third kappa shape index (κ3) is 5.37. The number of piperidine rings is 1. The first kappa shape index (κ1) is 23.1. The summed E-state index contributed by atoms with van der Waals surface area (Å²) < 4.78 is 7.71. The van der Waals surface area contributed by atoms with Gasteiger partial charge in [-0.15, -0.1) is 10.2 Å². The number of aryl methyl sites for hydroxylation is 1. The van der Waals surface area contributed by atoms with Crippen LogP contribution in [0.1, 0.15) is 48.0 Å². The van der Waals surface area contributed by atoms with E-state index in [2.05, 4.69) is 22.3 Å². The summed E-state index contributed by atoms with van der Waals surface area (Å²) in [4.78, 5) is 31.0. The molecule has 1 atom stereocenters. The summed E-state index contributed by atoms with van der Waals surface area (Å²) in [6.45, 7) is 1.73. The maximum Gasteiger partial charge on any atom is 0.256 e. The number of ether oxygens (including phenoxy) is 1. The van der Waals surface area contributed by atoms with Crippen LogP contribution in [0, 0.1) is 0 Å². The molecule has 8 nitrogen and oxygen atoms in total. The lowest BCUT2D eigenvalue weighted by atomic mass is 9.95. The molecular weight excluding hydrogens is 442 g/mol. The molecular formula is C27H31N5O3. The third-order valence-corrected chi connectivity index (χ3v) is 6.90. The molecule has 35 heavy (non-hydrogen) atoms. The highest BCUT2D eigenvalue weighted by molar-refractivity contribution is 5.99. The summed E-state index contributed by atoms with van der Waals surface area (Å²) in [6, 6.07) is 15.8. The topological polar surface area (TPSA) is 80.6 Å². The molecule has 5 rings (SSSR count). The van der Waals surface area contributed by atoms with Gasteiger partial charge in [0.25, 0.3) is 5.91 Å². The average Bonchev–Trinajstić information content (AvgIpc) is 3.44. The lowest BCUT2D eigenvalue weighted by Crippen LogP contribution is -2.49. The molecule has 0 N–H and O–H groups in total. The van der Waals surface area contributed by atoms with E-state index in [1.54, 1.807) is 28.2 Å². The first-order valence-corrected chi connectivity index (χ1v) is 12.4. The molecule has 0 spiro atoms. The van der Waals surface area contributed by atoms with Crippen LogP contribution in [0.25, 0.3) is 5.69 Å². The Morgan fingerprint density at radius 2 is 1.80 bits per heavy atom.